The normalized spacial score (nSPS) is 14.3. The highest BCUT2D eigenvalue weighted by molar-refractivity contribution is 7.31. The van der Waals surface area contributed by atoms with E-state index in [1.165, 1.54) is 0 Å². The maximum absolute atomic E-state index is 11.4. The van der Waals surface area contributed by atoms with Crippen LogP contribution in [-0.2, 0) is 13.9 Å². The predicted molar refractivity (Wildman–Crippen MR) is 62.3 cm³/mol. The van der Waals surface area contributed by atoms with Crippen LogP contribution in [0.15, 0.2) is 11.8 Å². The van der Waals surface area contributed by atoms with E-state index in [0.717, 1.165) is 25.7 Å². The molecule has 0 amide bonds. The zero-order valence-corrected chi connectivity index (χ0v) is 11.1. The second-order valence-electron chi connectivity index (χ2n) is 3.79. The van der Waals surface area contributed by atoms with Gasteiger partial charge in [0.15, 0.2) is 0 Å². The fraction of sp³-hybridized carbons (Fsp3) is 0.727. The van der Waals surface area contributed by atoms with Gasteiger partial charge in [-0.3, -0.25) is 0 Å². The summed E-state index contributed by atoms with van der Waals surface area (Å²) in [6.07, 6.45) is 5.08. The second kappa shape index (κ2) is 9.14. The van der Waals surface area contributed by atoms with Gasteiger partial charge < -0.3 is 10.00 Å². The van der Waals surface area contributed by atoms with Crippen LogP contribution < -0.4 is 4.89 Å². The number of carbonyl (C=O) groups excluding carboxylic acids is 1. The quantitative estimate of drug-likeness (QED) is 0.314. The van der Waals surface area contributed by atoms with Crippen LogP contribution in [0.4, 0.5) is 0 Å². The Kier molecular flexibility index (Phi) is 8.64. The highest BCUT2D eigenvalue weighted by atomic mass is 31.1. The molecule has 0 saturated carbocycles. The third-order valence-electron chi connectivity index (χ3n) is 2.62. The van der Waals surface area contributed by atoms with E-state index >= 15 is 0 Å². The minimum Gasteiger partial charge on any atom is -0.558 e. The van der Waals surface area contributed by atoms with Gasteiger partial charge in [0.25, 0.3) is 0 Å². The van der Waals surface area contributed by atoms with Gasteiger partial charge in [-0.05, 0) is 23.3 Å². The van der Waals surface area contributed by atoms with E-state index in [0.29, 0.717) is 12.7 Å². The van der Waals surface area contributed by atoms with Gasteiger partial charge in [0.1, 0.15) is 0 Å². The Morgan fingerprint density at radius 2 is 2.12 bits per heavy atom. The minimum absolute atomic E-state index is 0.0304. The van der Waals surface area contributed by atoms with Crippen molar-refractivity contribution >= 4 is 14.2 Å². The third-order valence-corrected chi connectivity index (χ3v) is 2.94. The molecule has 0 aliphatic rings. The van der Waals surface area contributed by atoms with Crippen molar-refractivity contribution in [1.82, 2.24) is 0 Å². The number of aliphatic hydroxyl groups excluding tert-OH is 1. The average Bonchev–Trinajstić information content (AvgIpc) is 2.27. The zero-order chi connectivity index (χ0) is 13.3. The molecule has 0 fully saturated rings. The molecule has 0 spiro atoms. The van der Waals surface area contributed by atoms with Crippen molar-refractivity contribution in [2.75, 3.05) is 0 Å². The zero-order valence-electron chi connectivity index (χ0n) is 10.2. The third kappa shape index (κ3) is 6.39. The summed E-state index contributed by atoms with van der Waals surface area (Å²) in [4.78, 5) is 21.7. The predicted octanol–water partition coefficient (Wildman–Crippen LogP) is 2.60. The molecular weight excluding hydrogens is 243 g/mol. The lowest BCUT2D eigenvalue weighted by Crippen LogP contribution is -2.15. The molecule has 0 aromatic carbocycles. The molecule has 2 atom stereocenters. The fourth-order valence-electron chi connectivity index (χ4n) is 1.67. The number of rotatable bonds is 8. The monoisotopic (exact) mass is 262 g/mol. The van der Waals surface area contributed by atoms with Gasteiger partial charge in [-0.1, -0.05) is 33.1 Å². The van der Waals surface area contributed by atoms with Crippen molar-refractivity contribution in [1.29, 1.82) is 0 Å². The van der Waals surface area contributed by atoms with Crippen molar-refractivity contribution < 1.29 is 23.9 Å². The van der Waals surface area contributed by atoms with E-state index in [-0.39, 0.29) is 11.5 Å². The Morgan fingerprint density at radius 1 is 1.47 bits per heavy atom. The molecule has 0 aromatic rings. The summed E-state index contributed by atoms with van der Waals surface area (Å²) < 4.78 is 14.4. The van der Waals surface area contributed by atoms with E-state index in [2.05, 4.69) is 11.4 Å². The Bertz CT molecular complexity index is 288. The van der Waals surface area contributed by atoms with Crippen LogP contribution in [0.25, 0.3) is 0 Å². The molecule has 17 heavy (non-hydrogen) atoms. The van der Waals surface area contributed by atoms with Gasteiger partial charge in [-0.25, -0.2) is 9.32 Å². The van der Waals surface area contributed by atoms with Gasteiger partial charge in [-0.2, -0.15) is 0 Å². The first-order chi connectivity index (χ1) is 8.06. The van der Waals surface area contributed by atoms with Crippen LogP contribution in [-0.4, -0.2) is 11.1 Å². The van der Waals surface area contributed by atoms with E-state index < -0.39 is 14.2 Å². The summed E-state index contributed by atoms with van der Waals surface area (Å²) in [5.74, 6) is -1.14. The fourth-order valence-corrected chi connectivity index (χ4v) is 1.91. The standard InChI is InChI=1S/C11H19O5P/c1-3-5-6-7-9(4-2)10(8-12)11(13)16-17(14)15/h8-9,12H,3-7H2,1-2H3. The minimum atomic E-state index is -3.23. The van der Waals surface area contributed by atoms with Gasteiger partial charge in [0.05, 0.1) is 11.8 Å². The summed E-state index contributed by atoms with van der Waals surface area (Å²) in [5, 5.41) is 9.01. The highest BCUT2D eigenvalue weighted by Crippen LogP contribution is 2.25. The summed E-state index contributed by atoms with van der Waals surface area (Å²) in [6, 6.07) is 0. The Morgan fingerprint density at radius 3 is 2.53 bits per heavy atom. The summed E-state index contributed by atoms with van der Waals surface area (Å²) in [6.45, 7) is 3.95. The van der Waals surface area contributed by atoms with Crippen molar-refractivity contribution in [3.8, 4) is 0 Å². The van der Waals surface area contributed by atoms with Crippen LogP contribution in [0.5, 0.6) is 0 Å². The lowest BCUT2D eigenvalue weighted by Gasteiger charge is -2.14. The first-order valence-electron chi connectivity index (χ1n) is 5.77. The molecule has 0 radical (unpaired) electrons. The number of unbranched alkanes of at least 4 members (excludes halogenated alkanes) is 2. The highest BCUT2D eigenvalue weighted by Gasteiger charge is 2.25. The summed E-state index contributed by atoms with van der Waals surface area (Å²) >= 11 is 0. The number of hydrogen-bond donors (Lipinski definition) is 1. The van der Waals surface area contributed by atoms with Crippen molar-refractivity contribution in [2.24, 2.45) is 5.92 Å². The number of carbonyl (C=O) groups is 1. The van der Waals surface area contributed by atoms with E-state index in [1.807, 2.05) is 6.92 Å². The van der Waals surface area contributed by atoms with Crippen molar-refractivity contribution in [3.05, 3.63) is 11.8 Å². The van der Waals surface area contributed by atoms with Crippen LogP contribution >= 0.6 is 8.25 Å². The smallest absolute Gasteiger partial charge is 0.542 e. The lowest BCUT2D eigenvalue weighted by atomic mass is 9.91. The molecule has 1 N–H and O–H groups in total. The lowest BCUT2D eigenvalue weighted by molar-refractivity contribution is -0.187. The molecule has 0 aliphatic carbocycles. The molecule has 0 aliphatic heterocycles. The van der Waals surface area contributed by atoms with Gasteiger partial charge in [0, 0.05) is 0 Å². The Labute approximate surface area is 102 Å². The SMILES string of the molecule is CCCCCC(CC)C(=CO)C(=O)O[P+](=O)[O-]. The van der Waals surface area contributed by atoms with E-state index in [1.54, 1.807) is 0 Å². The van der Waals surface area contributed by atoms with Crippen LogP contribution in [0, 0.1) is 5.92 Å². The van der Waals surface area contributed by atoms with E-state index in [4.69, 9.17) is 5.11 Å². The maximum atomic E-state index is 11.4. The van der Waals surface area contributed by atoms with Gasteiger partial charge in [-0.15, -0.1) is 0 Å². The molecule has 6 heteroatoms. The summed E-state index contributed by atoms with van der Waals surface area (Å²) in [5.41, 5.74) is 0.0304. The van der Waals surface area contributed by atoms with Gasteiger partial charge >= 0.3 is 14.2 Å². The molecule has 0 saturated heterocycles. The molecule has 98 valence electrons. The van der Waals surface area contributed by atoms with Gasteiger partial charge in [0.2, 0.25) is 0 Å². The average molecular weight is 262 g/mol. The molecule has 0 aromatic heterocycles. The first-order valence-corrected chi connectivity index (χ1v) is 6.87. The topological polar surface area (TPSA) is 86.7 Å². The molecule has 0 heterocycles. The van der Waals surface area contributed by atoms with Crippen molar-refractivity contribution in [2.45, 2.75) is 46.0 Å². The Balaban J connectivity index is 4.48. The molecule has 5 nitrogen and oxygen atoms in total. The second-order valence-corrected chi connectivity index (χ2v) is 4.42. The summed E-state index contributed by atoms with van der Waals surface area (Å²) in [7, 11) is -3.23. The first kappa shape index (κ1) is 16.1. The van der Waals surface area contributed by atoms with Crippen LogP contribution in [0.3, 0.4) is 0 Å². The van der Waals surface area contributed by atoms with Crippen molar-refractivity contribution in [3.63, 3.8) is 0 Å². The van der Waals surface area contributed by atoms with Crippen LogP contribution in [0.1, 0.15) is 46.0 Å². The largest absolute Gasteiger partial charge is 0.558 e. The number of aliphatic hydroxyl groups is 1. The van der Waals surface area contributed by atoms with E-state index in [9.17, 15) is 14.3 Å². The molecule has 0 bridgehead atoms. The molecule has 0 rings (SSSR count). The number of hydrogen-bond acceptors (Lipinski definition) is 5. The maximum Gasteiger partial charge on any atom is 0.542 e. The molecular formula is C11H19O5P. The Hall–Kier alpha value is -0.930. The molecule has 2 unspecified atom stereocenters. The van der Waals surface area contributed by atoms with Crippen LogP contribution in [0.2, 0.25) is 0 Å².